The molecule has 0 saturated heterocycles. The molecule has 1 aliphatic heterocycles. The van der Waals surface area contributed by atoms with Crippen molar-refractivity contribution < 1.29 is 9.53 Å². The van der Waals surface area contributed by atoms with Crippen LogP contribution in [0.2, 0.25) is 0 Å². The van der Waals surface area contributed by atoms with E-state index in [1.807, 2.05) is 105 Å². The monoisotopic (exact) mass is 411 g/mol. The molecule has 0 unspecified atom stereocenters. The second-order valence-electron chi connectivity index (χ2n) is 7.63. The van der Waals surface area contributed by atoms with Gasteiger partial charge in [-0.2, -0.15) is 0 Å². The van der Waals surface area contributed by atoms with Gasteiger partial charge in [0.15, 0.2) is 5.84 Å². The first-order valence-electron chi connectivity index (χ1n) is 10.1. The highest BCUT2D eigenvalue weighted by Gasteiger charge is 2.33. The number of amides is 1. The summed E-state index contributed by atoms with van der Waals surface area (Å²) in [7, 11) is 5.61. The van der Waals surface area contributed by atoms with Gasteiger partial charge in [0, 0.05) is 19.8 Å². The summed E-state index contributed by atoms with van der Waals surface area (Å²) < 4.78 is 5.54. The third-order valence-corrected chi connectivity index (χ3v) is 5.21. The lowest BCUT2D eigenvalue weighted by molar-refractivity contribution is -0.113. The third-order valence-electron chi connectivity index (χ3n) is 5.21. The molecule has 0 atom stereocenters. The van der Waals surface area contributed by atoms with E-state index in [0.717, 1.165) is 28.1 Å². The number of hydrogen-bond acceptors (Lipinski definition) is 4. The molecule has 0 aliphatic carbocycles. The van der Waals surface area contributed by atoms with Crippen LogP contribution >= 0.6 is 0 Å². The average molecular weight is 412 g/mol. The van der Waals surface area contributed by atoms with Crippen LogP contribution in [-0.4, -0.2) is 32.9 Å². The number of benzene rings is 3. The molecule has 5 nitrogen and oxygen atoms in total. The zero-order chi connectivity index (χ0) is 22.0. The lowest BCUT2D eigenvalue weighted by atomic mass is 10.1. The number of carbonyl (C=O) groups excluding carboxylic acids is 1. The molecule has 0 spiro atoms. The van der Waals surface area contributed by atoms with Gasteiger partial charge in [0.1, 0.15) is 11.4 Å². The molecule has 3 aromatic rings. The van der Waals surface area contributed by atoms with Crippen LogP contribution in [0.15, 0.2) is 83.5 Å². The fraction of sp³-hybridized carbons (Fsp3) is 0.154. The van der Waals surface area contributed by atoms with Gasteiger partial charge in [0.25, 0.3) is 5.91 Å². The SMILES string of the molecule is COc1ccccc1C1=N/C(=C/c2ccc(N(C)C)cc2)C(=O)N1c1ccc(C)cc1. The van der Waals surface area contributed by atoms with Crippen molar-refractivity contribution in [3.8, 4) is 5.75 Å². The molecule has 1 heterocycles. The molecule has 0 saturated carbocycles. The predicted octanol–water partition coefficient (Wildman–Crippen LogP) is 4.90. The second kappa shape index (κ2) is 8.48. The molecule has 156 valence electrons. The van der Waals surface area contributed by atoms with E-state index in [2.05, 4.69) is 0 Å². The van der Waals surface area contributed by atoms with Crippen molar-refractivity contribution in [2.75, 3.05) is 31.0 Å². The number of anilines is 2. The van der Waals surface area contributed by atoms with Crippen LogP contribution in [0.3, 0.4) is 0 Å². The summed E-state index contributed by atoms with van der Waals surface area (Å²) in [6.07, 6.45) is 1.82. The van der Waals surface area contributed by atoms with Gasteiger partial charge in [0.05, 0.1) is 18.4 Å². The highest BCUT2D eigenvalue weighted by molar-refractivity contribution is 6.33. The molecule has 0 N–H and O–H groups in total. The number of amidine groups is 1. The number of carbonyl (C=O) groups is 1. The minimum absolute atomic E-state index is 0.165. The minimum atomic E-state index is -0.165. The average Bonchev–Trinajstić information content (AvgIpc) is 3.10. The van der Waals surface area contributed by atoms with Crippen molar-refractivity contribution >= 4 is 29.2 Å². The van der Waals surface area contributed by atoms with Gasteiger partial charge in [-0.15, -0.1) is 0 Å². The van der Waals surface area contributed by atoms with Crippen molar-refractivity contribution in [3.05, 3.63) is 95.2 Å². The Hall–Kier alpha value is -3.86. The lowest BCUT2D eigenvalue weighted by Gasteiger charge is -2.20. The first-order chi connectivity index (χ1) is 15.0. The number of ether oxygens (including phenoxy) is 1. The van der Waals surface area contributed by atoms with Crippen molar-refractivity contribution in [2.24, 2.45) is 4.99 Å². The Bertz CT molecular complexity index is 1160. The zero-order valence-electron chi connectivity index (χ0n) is 18.2. The van der Waals surface area contributed by atoms with Crippen molar-refractivity contribution in [1.29, 1.82) is 0 Å². The molecule has 4 rings (SSSR count). The molecule has 1 aliphatic rings. The second-order valence-corrected chi connectivity index (χ2v) is 7.63. The first kappa shape index (κ1) is 20.4. The number of rotatable bonds is 5. The number of nitrogens with zero attached hydrogens (tertiary/aromatic N) is 3. The van der Waals surface area contributed by atoms with Gasteiger partial charge in [0.2, 0.25) is 0 Å². The minimum Gasteiger partial charge on any atom is -0.496 e. The van der Waals surface area contributed by atoms with E-state index in [1.165, 1.54) is 0 Å². The van der Waals surface area contributed by atoms with Crippen molar-refractivity contribution in [1.82, 2.24) is 0 Å². The van der Waals surface area contributed by atoms with Crippen LogP contribution in [0.5, 0.6) is 5.75 Å². The number of aryl methyl sites for hydroxylation is 1. The summed E-state index contributed by atoms with van der Waals surface area (Å²) in [5, 5.41) is 0. The van der Waals surface area contributed by atoms with Gasteiger partial charge >= 0.3 is 0 Å². The van der Waals surface area contributed by atoms with Gasteiger partial charge in [-0.05, 0) is 55.0 Å². The van der Waals surface area contributed by atoms with Gasteiger partial charge in [-0.3, -0.25) is 9.69 Å². The van der Waals surface area contributed by atoms with E-state index in [1.54, 1.807) is 12.0 Å². The summed E-state index contributed by atoms with van der Waals surface area (Å²) in [6.45, 7) is 2.02. The van der Waals surface area contributed by atoms with Crippen LogP contribution in [0.1, 0.15) is 16.7 Å². The molecule has 0 fully saturated rings. The molecule has 3 aromatic carbocycles. The number of methoxy groups -OCH3 is 1. The van der Waals surface area contributed by atoms with Crippen molar-refractivity contribution in [3.63, 3.8) is 0 Å². The Labute approximate surface area is 182 Å². The topological polar surface area (TPSA) is 45.1 Å². The van der Waals surface area contributed by atoms with Gasteiger partial charge in [-0.25, -0.2) is 4.99 Å². The molecule has 31 heavy (non-hydrogen) atoms. The Kier molecular flexibility index (Phi) is 5.58. The van der Waals surface area contributed by atoms with Gasteiger partial charge in [-0.1, -0.05) is 42.0 Å². The first-order valence-corrected chi connectivity index (χ1v) is 10.1. The van der Waals surface area contributed by atoms with Crippen LogP contribution in [0, 0.1) is 6.92 Å². The quantitative estimate of drug-likeness (QED) is 0.561. The molecule has 1 amide bonds. The van der Waals surface area contributed by atoms with Crippen molar-refractivity contribution in [2.45, 2.75) is 6.92 Å². The third kappa shape index (κ3) is 4.08. The molecule has 5 heteroatoms. The van der Waals surface area contributed by atoms with Crippen LogP contribution in [0.4, 0.5) is 11.4 Å². The Morgan fingerprint density at radius 3 is 2.26 bits per heavy atom. The van der Waals surface area contributed by atoms with E-state index in [9.17, 15) is 4.79 Å². The fourth-order valence-corrected chi connectivity index (χ4v) is 3.49. The summed E-state index contributed by atoms with van der Waals surface area (Å²) in [6, 6.07) is 23.5. The van der Waals surface area contributed by atoms with E-state index in [0.29, 0.717) is 17.3 Å². The summed E-state index contributed by atoms with van der Waals surface area (Å²) in [4.78, 5) is 21.9. The number of hydrogen-bond donors (Lipinski definition) is 0. The maximum absolute atomic E-state index is 13.4. The number of aliphatic imine (C=N–C) groups is 1. The summed E-state index contributed by atoms with van der Waals surface area (Å²) in [5.74, 6) is 1.06. The Morgan fingerprint density at radius 1 is 0.935 bits per heavy atom. The zero-order valence-corrected chi connectivity index (χ0v) is 18.2. The molecule has 0 bridgehead atoms. The smallest absolute Gasteiger partial charge is 0.282 e. The van der Waals surface area contributed by atoms with Crippen LogP contribution in [-0.2, 0) is 4.79 Å². The molecule has 0 radical (unpaired) electrons. The predicted molar refractivity (Wildman–Crippen MR) is 127 cm³/mol. The maximum Gasteiger partial charge on any atom is 0.282 e. The Balaban J connectivity index is 1.81. The maximum atomic E-state index is 13.4. The molecule has 0 aromatic heterocycles. The normalized spacial score (nSPS) is 14.7. The highest BCUT2D eigenvalue weighted by Crippen LogP contribution is 2.31. The van der Waals surface area contributed by atoms with E-state index >= 15 is 0 Å². The van der Waals surface area contributed by atoms with Gasteiger partial charge < -0.3 is 9.64 Å². The highest BCUT2D eigenvalue weighted by atomic mass is 16.5. The van der Waals surface area contributed by atoms with Crippen LogP contribution in [0.25, 0.3) is 6.08 Å². The van der Waals surface area contributed by atoms with E-state index < -0.39 is 0 Å². The summed E-state index contributed by atoms with van der Waals surface area (Å²) in [5.41, 5.74) is 5.07. The Morgan fingerprint density at radius 2 is 1.61 bits per heavy atom. The fourth-order valence-electron chi connectivity index (χ4n) is 3.49. The van der Waals surface area contributed by atoms with E-state index in [4.69, 9.17) is 9.73 Å². The number of para-hydroxylation sites is 1. The lowest BCUT2D eigenvalue weighted by Crippen LogP contribution is -2.32. The molecular weight excluding hydrogens is 386 g/mol. The van der Waals surface area contributed by atoms with Crippen LogP contribution < -0.4 is 14.5 Å². The summed E-state index contributed by atoms with van der Waals surface area (Å²) >= 11 is 0. The molecular formula is C26H25N3O2. The standard InChI is InChI=1S/C26H25N3O2/c1-18-9-13-21(14-10-18)29-25(22-7-5-6-8-24(22)31-4)27-23(26(29)30)17-19-11-15-20(16-12-19)28(2)3/h5-17H,1-4H3/b23-17+. The van der Waals surface area contributed by atoms with E-state index in [-0.39, 0.29) is 5.91 Å². The largest absolute Gasteiger partial charge is 0.496 e.